The quantitative estimate of drug-likeness (QED) is 0.748. The van der Waals surface area contributed by atoms with Gasteiger partial charge in [0.05, 0.1) is 19.0 Å². The van der Waals surface area contributed by atoms with E-state index in [1.165, 1.54) is 5.56 Å². The van der Waals surface area contributed by atoms with Crippen molar-refractivity contribution < 1.29 is 4.42 Å². The fourth-order valence-electron chi connectivity index (χ4n) is 1.80. The molecule has 6 heteroatoms. The first-order chi connectivity index (χ1) is 10.3. The van der Waals surface area contributed by atoms with Crippen molar-refractivity contribution >= 4 is 17.5 Å². The van der Waals surface area contributed by atoms with Crippen LogP contribution in [0.3, 0.4) is 0 Å². The minimum Gasteiger partial charge on any atom is -0.467 e. The van der Waals surface area contributed by atoms with Crippen molar-refractivity contribution in [3.63, 3.8) is 0 Å². The van der Waals surface area contributed by atoms with Gasteiger partial charge in [-0.3, -0.25) is 0 Å². The Hall–Kier alpha value is -2.89. The highest BCUT2D eigenvalue weighted by Crippen LogP contribution is 2.14. The molecule has 0 saturated heterocycles. The molecule has 0 aliphatic carbocycles. The topological polar surface area (TPSA) is 75.9 Å². The fourth-order valence-corrected chi connectivity index (χ4v) is 1.80. The molecule has 0 saturated carbocycles. The van der Waals surface area contributed by atoms with E-state index >= 15 is 0 Å². The average molecular weight is 281 g/mol. The molecule has 0 atom stereocenters. The first-order valence-electron chi connectivity index (χ1n) is 6.59. The van der Waals surface area contributed by atoms with Gasteiger partial charge in [-0.15, -0.1) is 5.10 Å². The van der Waals surface area contributed by atoms with Crippen LogP contribution in [0.4, 0.5) is 17.5 Å². The Kier molecular flexibility index (Phi) is 3.77. The maximum absolute atomic E-state index is 5.25. The van der Waals surface area contributed by atoms with Gasteiger partial charge >= 0.3 is 0 Å². The van der Waals surface area contributed by atoms with Crippen LogP contribution in [0.25, 0.3) is 0 Å². The van der Waals surface area contributed by atoms with Gasteiger partial charge in [-0.05, 0) is 31.2 Å². The van der Waals surface area contributed by atoms with Gasteiger partial charge in [0.2, 0.25) is 5.95 Å². The molecule has 2 aromatic heterocycles. The second-order valence-electron chi connectivity index (χ2n) is 4.59. The van der Waals surface area contributed by atoms with Crippen molar-refractivity contribution in [2.45, 2.75) is 13.5 Å². The van der Waals surface area contributed by atoms with E-state index in [2.05, 4.69) is 25.8 Å². The maximum Gasteiger partial charge on any atom is 0.249 e. The lowest BCUT2D eigenvalue weighted by Crippen LogP contribution is -2.05. The Morgan fingerprint density at radius 2 is 2.00 bits per heavy atom. The molecule has 6 nitrogen and oxygen atoms in total. The molecule has 2 N–H and O–H groups in total. The minimum absolute atomic E-state index is 0.447. The van der Waals surface area contributed by atoms with E-state index in [9.17, 15) is 0 Å². The largest absolute Gasteiger partial charge is 0.467 e. The molecule has 2 heterocycles. The van der Waals surface area contributed by atoms with E-state index in [0.717, 1.165) is 11.4 Å². The standard InChI is InChI=1S/C15H15N5O/c1-11-4-6-12(7-5-11)18-15-19-14(10-17-20-15)16-9-13-3-2-8-21-13/h2-8,10H,9H2,1H3,(H2,16,18,19,20). The van der Waals surface area contributed by atoms with Gasteiger partial charge in [-0.1, -0.05) is 17.7 Å². The van der Waals surface area contributed by atoms with Gasteiger partial charge in [0.25, 0.3) is 0 Å². The van der Waals surface area contributed by atoms with Gasteiger partial charge in [-0.25, -0.2) is 0 Å². The minimum atomic E-state index is 0.447. The molecule has 3 rings (SSSR count). The summed E-state index contributed by atoms with van der Waals surface area (Å²) in [4.78, 5) is 4.35. The molecule has 21 heavy (non-hydrogen) atoms. The number of hydrogen-bond acceptors (Lipinski definition) is 6. The number of nitrogens with zero attached hydrogens (tertiary/aromatic N) is 3. The van der Waals surface area contributed by atoms with Gasteiger partial charge in [0.15, 0.2) is 5.82 Å². The molecule has 3 aromatic rings. The number of aryl methyl sites for hydroxylation is 1. The Balaban J connectivity index is 1.66. The predicted molar refractivity (Wildman–Crippen MR) is 80.3 cm³/mol. The van der Waals surface area contributed by atoms with Crippen LogP contribution < -0.4 is 10.6 Å². The molecule has 1 aromatic carbocycles. The van der Waals surface area contributed by atoms with E-state index < -0.39 is 0 Å². The highest BCUT2D eigenvalue weighted by Gasteiger charge is 2.02. The lowest BCUT2D eigenvalue weighted by Gasteiger charge is -2.07. The summed E-state index contributed by atoms with van der Waals surface area (Å²) in [5.74, 6) is 1.92. The van der Waals surface area contributed by atoms with Crippen LogP contribution in [0.15, 0.2) is 53.3 Å². The summed E-state index contributed by atoms with van der Waals surface area (Å²) in [6.45, 7) is 2.59. The summed E-state index contributed by atoms with van der Waals surface area (Å²) < 4.78 is 5.25. The van der Waals surface area contributed by atoms with Gasteiger partial charge in [0.1, 0.15) is 5.76 Å². The third kappa shape index (κ3) is 3.56. The SMILES string of the molecule is Cc1ccc(Nc2nncc(NCc3ccco3)n2)cc1. The van der Waals surface area contributed by atoms with Crippen molar-refractivity contribution in [1.82, 2.24) is 15.2 Å². The molecular formula is C15H15N5O. The highest BCUT2D eigenvalue weighted by atomic mass is 16.3. The number of anilines is 3. The van der Waals surface area contributed by atoms with Gasteiger partial charge in [0, 0.05) is 5.69 Å². The zero-order chi connectivity index (χ0) is 14.5. The maximum atomic E-state index is 5.25. The summed E-state index contributed by atoms with van der Waals surface area (Å²) in [5.41, 5.74) is 2.12. The lowest BCUT2D eigenvalue weighted by molar-refractivity contribution is 0.517. The van der Waals surface area contributed by atoms with Crippen molar-refractivity contribution in [3.05, 3.63) is 60.2 Å². The number of aromatic nitrogens is 3. The number of benzene rings is 1. The molecule has 0 spiro atoms. The van der Waals surface area contributed by atoms with Gasteiger partial charge < -0.3 is 15.1 Å². The van der Waals surface area contributed by atoms with Crippen LogP contribution in [0.5, 0.6) is 0 Å². The number of hydrogen-bond donors (Lipinski definition) is 2. The molecule has 106 valence electrons. The van der Waals surface area contributed by atoms with Crippen LogP contribution in [0, 0.1) is 6.92 Å². The third-order valence-corrected chi connectivity index (χ3v) is 2.89. The Morgan fingerprint density at radius 1 is 1.14 bits per heavy atom. The van der Waals surface area contributed by atoms with Crippen LogP contribution in [-0.2, 0) is 6.54 Å². The number of nitrogens with one attached hydrogen (secondary N) is 2. The van der Waals surface area contributed by atoms with E-state index in [4.69, 9.17) is 4.42 Å². The molecule has 0 fully saturated rings. The zero-order valence-corrected chi connectivity index (χ0v) is 11.6. The predicted octanol–water partition coefficient (Wildman–Crippen LogP) is 3.13. The van der Waals surface area contributed by atoms with E-state index in [1.54, 1.807) is 12.5 Å². The Bertz CT molecular complexity index is 694. The molecule has 0 unspecified atom stereocenters. The molecule has 0 amide bonds. The van der Waals surface area contributed by atoms with Gasteiger partial charge in [-0.2, -0.15) is 10.1 Å². The molecule has 0 aliphatic heterocycles. The molecule has 0 radical (unpaired) electrons. The summed E-state index contributed by atoms with van der Waals surface area (Å²) in [6.07, 6.45) is 3.21. The van der Waals surface area contributed by atoms with Crippen LogP contribution in [0.1, 0.15) is 11.3 Å². The lowest BCUT2D eigenvalue weighted by atomic mass is 10.2. The third-order valence-electron chi connectivity index (χ3n) is 2.89. The van der Waals surface area contributed by atoms with Crippen LogP contribution >= 0.6 is 0 Å². The summed E-state index contributed by atoms with van der Waals surface area (Å²) in [6, 6.07) is 11.7. The first-order valence-corrected chi connectivity index (χ1v) is 6.59. The highest BCUT2D eigenvalue weighted by molar-refractivity contribution is 5.54. The summed E-state index contributed by atoms with van der Waals surface area (Å²) >= 11 is 0. The monoisotopic (exact) mass is 281 g/mol. The van der Waals surface area contributed by atoms with E-state index in [1.807, 2.05) is 43.3 Å². The average Bonchev–Trinajstić information content (AvgIpc) is 3.01. The Morgan fingerprint density at radius 3 is 2.76 bits per heavy atom. The normalized spacial score (nSPS) is 10.3. The first kappa shape index (κ1) is 13.1. The Labute approximate surface area is 122 Å². The fraction of sp³-hybridized carbons (Fsp3) is 0.133. The number of rotatable bonds is 5. The second kappa shape index (κ2) is 6.04. The molecule has 0 bridgehead atoms. The van der Waals surface area contributed by atoms with E-state index in [0.29, 0.717) is 18.3 Å². The second-order valence-corrected chi connectivity index (χ2v) is 4.59. The molecular weight excluding hydrogens is 266 g/mol. The number of furan rings is 1. The summed E-state index contributed by atoms with van der Waals surface area (Å²) in [5, 5.41) is 14.1. The van der Waals surface area contributed by atoms with Crippen LogP contribution in [0.2, 0.25) is 0 Å². The van der Waals surface area contributed by atoms with Crippen molar-refractivity contribution in [3.8, 4) is 0 Å². The smallest absolute Gasteiger partial charge is 0.249 e. The van der Waals surface area contributed by atoms with Crippen molar-refractivity contribution in [2.75, 3.05) is 10.6 Å². The van der Waals surface area contributed by atoms with Crippen molar-refractivity contribution in [1.29, 1.82) is 0 Å². The molecule has 0 aliphatic rings. The van der Waals surface area contributed by atoms with Crippen LogP contribution in [-0.4, -0.2) is 15.2 Å². The van der Waals surface area contributed by atoms with Crippen molar-refractivity contribution in [2.24, 2.45) is 0 Å². The summed E-state index contributed by atoms with van der Waals surface area (Å²) in [7, 11) is 0. The zero-order valence-electron chi connectivity index (χ0n) is 11.6. The van der Waals surface area contributed by atoms with E-state index in [-0.39, 0.29) is 0 Å².